The molecule has 0 atom stereocenters. The van der Waals surface area contributed by atoms with Gasteiger partial charge in [0.25, 0.3) is 0 Å². The van der Waals surface area contributed by atoms with E-state index in [0.29, 0.717) is 12.1 Å². The van der Waals surface area contributed by atoms with Crippen LogP contribution in [0.4, 0.5) is 0 Å². The van der Waals surface area contributed by atoms with Crippen molar-refractivity contribution >= 4 is 5.97 Å². The van der Waals surface area contributed by atoms with Crippen molar-refractivity contribution in [2.45, 2.75) is 71.1 Å². The van der Waals surface area contributed by atoms with Crippen molar-refractivity contribution in [1.82, 2.24) is 4.90 Å². The maximum atomic E-state index is 10.9. The largest absolute Gasteiger partial charge is 0.478 e. The summed E-state index contributed by atoms with van der Waals surface area (Å²) in [4.78, 5) is 13.0. The number of aliphatic carboxylic acids is 1. The van der Waals surface area contributed by atoms with Gasteiger partial charge in [-0.1, -0.05) is 64.7 Å². The Kier molecular flexibility index (Phi) is 9.68. The van der Waals surface area contributed by atoms with E-state index in [1.807, 2.05) is 12.3 Å². The third-order valence-corrected chi connectivity index (χ3v) is 4.04. The Hall–Kier alpha value is -1.25. The average molecular weight is 293 g/mol. The summed E-state index contributed by atoms with van der Waals surface area (Å²) in [6.07, 6.45) is 18.9. The summed E-state index contributed by atoms with van der Waals surface area (Å²) in [5, 5.41) is 8.97. The molecule has 0 aromatic heterocycles. The summed E-state index contributed by atoms with van der Waals surface area (Å²) in [7, 11) is 0. The van der Waals surface area contributed by atoms with E-state index in [4.69, 9.17) is 5.11 Å². The highest BCUT2D eigenvalue weighted by molar-refractivity contribution is 5.87. The van der Waals surface area contributed by atoms with E-state index in [2.05, 4.69) is 11.8 Å². The highest BCUT2D eigenvalue weighted by Crippen LogP contribution is 2.12. The highest BCUT2D eigenvalue weighted by Gasteiger charge is 2.12. The molecule has 21 heavy (non-hydrogen) atoms. The molecule has 120 valence electrons. The molecule has 0 fully saturated rings. The molecule has 0 spiro atoms. The predicted molar refractivity (Wildman–Crippen MR) is 88.3 cm³/mol. The van der Waals surface area contributed by atoms with Crippen LogP contribution in [0, 0.1) is 0 Å². The highest BCUT2D eigenvalue weighted by atomic mass is 16.4. The van der Waals surface area contributed by atoms with Crippen LogP contribution in [0.1, 0.15) is 71.1 Å². The standard InChI is InChI=1S/C18H31NO2/c1-2-3-4-5-6-7-8-9-10-11-14-19-15-12-13-17(16-19)18(20)21/h12-13,15H,2-11,14,16H2,1H3,(H,20,21). The molecule has 0 saturated carbocycles. The number of hydrogen-bond donors (Lipinski definition) is 1. The zero-order chi connectivity index (χ0) is 15.3. The van der Waals surface area contributed by atoms with E-state index < -0.39 is 5.97 Å². The Balaban J connectivity index is 1.92. The molecule has 0 aromatic rings. The summed E-state index contributed by atoms with van der Waals surface area (Å²) in [5.74, 6) is -0.799. The van der Waals surface area contributed by atoms with Crippen LogP contribution in [0.15, 0.2) is 23.9 Å². The van der Waals surface area contributed by atoms with Gasteiger partial charge in [0, 0.05) is 13.1 Å². The maximum Gasteiger partial charge on any atom is 0.333 e. The van der Waals surface area contributed by atoms with Crippen molar-refractivity contribution in [1.29, 1.82) is 0 Å². The lowest BCUT2D eigenvalue weighted by atomic mass is 10.1. The quantitative estimate of drug-likeness (QED) is 0.528. The fourth-order valence-corrected chi connectivity index (χ4v) is 2.70. The fraction of sp³-hybridized carbons (Fsp3) is 0.722. The van der Waals surface area contributed by atoms with Crippen LogP contribution < -0.4 is 0 Å². The van der Waals surface area contributed by atoms with Crippen LogP contribution in [-0.4, -0.2) is 29.1 Å². The topological polar surface area (TPSA) is 40.5 Å². The number of unbranched alkanes of at least 4 members (excludes halogenated alkanes) is 9. The van der Waals surface area contributed by atoms with E-state index in [0.717, 1.165) is 13.0 Å². The van der Waals surface area contributed by atoms with Crippen LogP contribution in [0.3, 0.4) is 0 Å². The van der Waals surface area contributed by atoms with E-state index in [9.17, 15) is 4.79 Å². The van der Waals surface area contributed by atoms with Crippen molar-refractivity contribution in [3.05, 3.63) is 23.9 Å². The molecule has 3 heteroatoms. The van der Waals surface area contributed by atoms with Crippen molar-refractivity contribution in [3.63, 3.8) is 0 Å². The predicted octanol–water partition coefficient (Wildman–Crippen LogP) is 4.75. The van der Waals surface area contributed by atoms with Gasteiger partial charge in [-0.05, 0) is 24.8 Å². The monoisotopic (exact) mass is 293 g/mol. The number of allylic oxidation sites excluding steroid dienone is 2. The van der Waals surface area contributed by atoms with Crippen LogP contribution >= 0.6 is 0 Å². The first-order chi connectivity index (χ1) is 10.2. The number of nitrogens with zero attached hydrogens (tertiary/aromatic N) is 1. The first-order valence-electron chi connectivity index (χ1n) is 8.58. The third kappa shape index (κ3) is 8.59. The van der Waals surface area contributed by atoms with Crippen molar-refractivity contribution < 1.29 is 9.90 Å². The second-order valence-electron chi connectivity index (χ2n) is 5.99. The number of hydrogen-bond acceptors (Lipinski definition) is 2. The van der Waals surface area contributed by atoms with Gasteiger partial charge in [-0.2, -0.15) is 0 Å². The molecule has 0 saturated heterocycles. The smallest absolute Gasteiger partial charge is 0.333 e. The minimum atomic E-state index is -0.799. The third-order valence-electron chi connectivity index (χ3n) is 4.04. The summed E-state index contributed by atoms with van der Waals surface area (Å²) in [6.45, 7) is 3.77. The summed E-state index contributed by atoms with van der Waals surface area (Å²) >= 11 is 0. The number of carbonyl (C=O) groups is 1. The van der Waals surface area contributed by atoms with Gasteiger partial charge in [0.1, 0.15) is 0 Å². The van der Waals surface area contributed by atoms with Gasteiger partial charge in [0.2, 0.25) is 0 Å². The Morgan fingerprint density at radius 2 is 1.62 bits per heavy atom. The first kappa shape index (κ1) is 17.8. The Labute approximate surface area is 129 Å². The Morgan fingerprint density at radius 1 is 1.05 bits per heavy atom. The molecule has 0 unspecified atom stereocenters. The molecule has 1 heterocycles. The maximum absolute atomic E-state index is 10.9. The number of carboxylic acid groups (broad SMARTS) is 1. The van der Waals surface area contributed by atoms with E-state index in [1.54, 1.807) is 6.08 Å². The zero-order valence-corrected chi connectivity index (χ0v) is 13.5. The van der Waals surface area contributed by atoms with Crippen LogP contribution in [0.25, 0.3) is 0 Å². The Bertz CT molecular complexity index is 347. The molecule has 1 rings (SSSR count). The lowest BCUT2D eigenvalue weighted by Gasteiger charge is -2.22. The SMILES string of the molecule is CCCCCCCCCCCCN1C=CC=C(C(=O)O)C1. The first-order valence-corrected chi connectivity index (χ1v) is 8.58. The molecule has 0 radical (unpaired) electrons. The van der Waals surface area contributed by atoms with Crippen LogP contribution in [0.5, 0.6) is 0 Å². The molecule has 0 bridgehead atoms. The summed E-state index contributed by atoms with van der Waals surface area (Å²) in [5.41, 5.74) is 0.490. The molecule has 0 aliphatic carbocycles. The molecular formula is C18H31NO2. The number of rotatable bonds is 12. The molecule has 1 aliphatic heterocycles. The second kappa shape index (κ2) is 11.4. The van der Waals surface area contributed by atoms with E-state index in [-0.39, 0.29) is 0 Å². The van der Waals surface area contributed by atoms with Crippen LogP contribution in [0.2, 0.25) is 0 Å². The molecule has 1 N–H and O–H groups in total. The number of carboxylic acids is 1. The van der Waals surface area contributed by atoms with Gasteiger partial charge in [-0.15, -0.1) is 0 Å². The summed E-state index contributed by atoms with van der Waals surface area (Å²) < 4.78 is 0. The second-order valence-corrected chi connectivity index (χ2v) is 5.99. The summed E-state index contributed by atoms with van der Waals surface area (Å²) in [6, 6.07) is 0. The molecule has 3 nitrogen and oxygen atoms in total. The minimum absolute atomic E-state index is 0.490. The minimum Gasteiger partial charge on any atom is -0.478 e. The van der Waals surface area contributed by atoms with Gasteiger partial charge in [0.15, 0.2) is 0 Å². The van der Waals surface area contributed by atoms with Crippen molar-refractivity contribution in [2.24, 2.45) is 0 Å². The van der Waals surface area contributed by atoms with Crippen LogP contribution in [-0.2, 0) is 4.79 Å². The van der Waals surface area contributed by atoms with E-state index >= 15 is 0 Å². The normalized spacial score (nSPS) is 14.3. The van der Waals surface area contributed by atoms with Crippen molar-refractivity contribution in [2.75, 3.05) is 13.1 Å². The average Bonchev–Trinajstić information content (AvgIpc) is 2.49. The fourth-order valence-electron chi connectivity index (χ4n) is 2.70. The molecule has 0 amide bonds. The van der Waals surface area contributed by atoms with Gasteiger partial charge >= 0.3 is 5.97 Å². The lowest BCUT2D eigenvalue weighted by molar-refractivity contribution is -0.132. The van der Waals surface area contributed by atoms with Gasteiger partial charge < -0.3 is 10.0 Å². The van der Waals surface area contributed by atoms with E-state index in [1.165, 1.54) is 57.8 Å². The zero-order valence-electron chi connectivity index (χ0n) is 13.5. The van der Waals surface area contributed by atoms with Crippen molar-refractivity contribution in [3.8, 4) is 0 Å². The van der Waals surface area contributed by atoms with Gasteiger partial charge in [-0.3, -0.25) is 0 Å². The molecular weight excluding hydrogens is 262 g/mol. The molecule has 1 aliphatic rings. The lowest BCUT2D eigenvalue weighted by Crippen LogP contribution is -2.26. The van der Waals surface area contributed by atoms with Gasteiger partial charge in [-0.25, -0.2) is 4.79 Å². The van der Waals surface area contributed by atoms with Gasteiger partial charge in [0.05, 0.1) is 5.57 Å². The molecule has 0 aromatic carbocycles. The Morgan fingerprint density at radius 3 is 2.19 bits per heavy atom.